The van der Waals surface area contributed by atoms with Crippen LogP contribution < -0.4 is 10.6 Å². The molecule has 0 fully saturated rings. The van der Waals surface area contributed by atoms with Gasteiger partial charge in [0.25, 0.3) is 0 Å². The first-order chi connectivity index (χ1) is 13.7. The number of benzene rings is 1. The Morgan fingerprint density at radius 3 is 3.07 bits per heavy atom. The lowest BCUT2D eigenvalue weighted by molar-refractivity contribution is -0.134. The molecule has 3 N–H and O–H groups in total. The van der Waals surface area contributed by atoms with E-state index >= 15 is 0 Å². The summed E-state index contributed by atoms with van der Waals surface area (Å²) in [5, 5.41) is 6.19. The van der Waals surface area contributed by atoms with Gasteiger partial charge in [-0.2, -0.15) is 0 Å². The molecule has 28 heavy (non-hydrogen) atoms. The molecule has 148 valence electrons. The van der Waals surface area contributed by atoms with Crippen LogP contribution in [-0.2, 0) is 33.7 Å². The van der Waals surface area contributed by atoms with Crippen molar-refractivity contribution >= 4 is 17.5 Å². The standard InChI is InChI=1S/C20H25N5O3/c1-28-9-6-17(26)24-15-3-2-13-5-8-25(11-14(13)10-15)20(27)19-18-16(4-7-21-19)22-12-23-18/h2-3,10,12,19,21H,4-9,11H2,1H3,(H,22,23)(H,24,26). The Balaban J connectivity index is 1.46. The maximum absolute atomic E-state index is 13.1. The number of carbonyl (C=O) groups is 2. The van der Waals surface area contributed by atoms with Crippen molar-refractivity contribution in [2.24, 2.45) is 0 Å². The third-order valence-electron chi connectivity index (χ3n) is 5.34. The minimum absolute atomic E-state index is 0.0493. The van der Waals surface area contributed by atoms with Crippen LogP contribution in [0.25, 0.3) is 0 Å². The van der Waals surface area contributed by atoms with E-state index in [0.717, 1.165) is 42.0 Å². The van der Waals surface area contributed by atoms with Gasteiger partial charge in [0.15, 0.2) is 0 Å². The molecule has 1 unspecified atom stereocenters. The lowest BCUT2D eigenvalue weighted by Gasteiger charge is -2.33. The van der Waals surface area contributed by atoms with Crippen molar-refractivity contribution in [3.63, 3.8) is 0 Å². The number of hydrogen-bond acceptors (Lipinski definition) is 5. The highest BCUT2D eigenvalue weighted by atomic mass is 16.5. The van der Waals surface area contributed by atoms with E-state index in [2.05, 4.69) is 20.6 Å². The number of methoxy groups -OCH3 is 1. The molecule has 8 heteroatoms. The second-order valence-corrected chi connectivity index (χ2v) is 7.19. The quantitative estimate of drug-likeness (QED) is 0.720. The van der Waals surface area contributed by atoms with Crippen LogP contribution >= 0.6 is 0 Å². The summed E-state index contributed by atoms with van der Waals surface area (Å²) in [6.07, 6.45) is 3.63. The summed E-state index contributed by atoms with van der Waals surface area (Å²) < 4.78 is 4.94. The zero-order chi connectivity index (χ0) is 19.5. The van der Waals surface area contributed by atoms with Gasteiger partial charge in [0.05, 0.1) is 25.0 Å². The summed E-state index contributed by atoms with van der Waals surface area (Å²) in [5.41, 5.74) is 4.88. The number of hydrogen-bond donors (Lipinski definition) is 3. The number of carbonyl (C=O) groups excluding carboxylic acids is 2. The van der Waals surface area contributed by atoms with E-state index in [1.165, 1.54) is 5.56 Å². The first-order valence-corrected chi connectivity index (χ1v) is 9.60. The van der Waals surface area contributed by atoms with Crippen molar-refractivity contribution in [3.8, 4) is 0 Å². The second-order valence-electron chi connectivity index (χ2n) is 7.19. The van der Waals surface area contributed by atoms with Crippen molar-refractivity contribution in [2.75, 3.05) is 32.1 Å². The van der Waals surface area contributed by atoms with Gasteiger partial charge in [-0.3, -0.25) is 9.59 Å². The Morgan fingerprint density at radius 1 is 1.32 bits per heavy atom. The number of ether oxygens (including phenoxy) is 1. The van der Waals surface area contributed by atoms with E-state index < -0.39 is 6.04 Å². The van der Waals surface area contributed by atoms with Crippen molar-refractivity contribution in [3.05, 3.63) is 47.0 Å². The summed E-state index contributed by atoms with van der Waals surface area (Å²) in [6.45, 7) is 2.37. The summed E-state index contributed by atoms with van der Waals surface area (Å²) in [4.78, 5) is 34.4. The predicted octanol–water partition coefficient (Wildman–Crippen LogP) is 1.16. The lowest BCUT2D eigenvalue weighted by Crippen LogP contribution is -2.45. The number of nitrogens with zero attached hydrogens (tertiary/aromatic N) is 2. The van der Waals surface area contributed by atoms with Crippen molar-refractivity contribution in [1.29, 1.82) is 0 Å². The van der Waals surface area contributed by atoms with E-state index in [-0.39, 0.29) is 11.8 Å². The molecule has 2 aliphatic heterocycles. The third kappa shape index (κ3) is 3.79. The van der Waals surface area contributed by atoms with Crippen LogP contribution in [0.2, 0.25) is 0 Å². The summed E-state index contributed by atoms with van der Waals surface area (Å²) >= 11 is 0. The molecule has 4 rings (SSSR count). The normalized spacial score (nSPS) is 18.3. The number of amides is 2. The first kappa shape index (κ1) is 18.6. The molecule has 0 aliphatic carbocycles. The summed E-state index contributed by atoms with van der Waals surface area (Å²) in [6, 6.07) is 5.52. The van der Waals surface area contributed by atoms with Crippen LogP contribution in [0, 0.1) is 0 Å². The molecule has 2 aromatic rings. The topological polar surface area (TPSA) is 99.4 Å². The molecule has 0 bridgehead atoms. The molecule has 2 aliphatic rings. The smallest absolute Gasteiger partial charge is 0.246 e. The molecule has 1 atom stereocenters. The highest BCUT2D eigenvalue weighted by Gasteiger charge is 2.33. The second kappa shape index (κ2) is 8.12. The Labute approximate surface area is 163 Å². The van der Waals surface area contributed by atoms with Gasteiger partial charge >= 0.3 is 0 Å². The fourth-order valence-corrected chi connectivity index (χ4v) is 3.85. The number of aromatic nitrogens is 2. The van der Waals surface area contributed by atoms with Crippen LogP contribution in [0.5, 0.6) is 0 Å². The van der Waals surface area contributed by atoms with Crippen LogP contribution in [0.15, 0.2) is 24.5 Å². The maximum Gasteiger partial charge on any atom is 0.246 e. The molecule has 0 radical (unpaired) electrons. The number of fused-ring (bicyclic) bond motifs is 2. The van der Waals surface area contributed by atoms with Crippen molar-refractivity contribution in [2.45, 2.75) is 31.8 Å². The monoisotopic (exact) mass is 383 g/mol. The number of imidazole rings is 1. The number of rotatable bonds is 5. The van der Waals surface area contributed by atoms with E-state index in [1.54, 1.807) is 13.4 Å². The van der Waals surface area contributed by atoms with Crippen molar-refractivity contribution < 1.29 is 14.3 Å². The molecular weight excluding hydrogens is 358 g/mol. The zero-order valence-electron chi connectivity index (χ0n) is 16.0. The number of nitrogens with one attached hydrogen (secondary N) is 3. The van der Waals surface area contributed by atoms with Crippen LogP contribution in [0.1, 0.15) is 35.0 Å². The fourth-order valence-electron chi connectivity index (χ4n) is 3.85. The van der Waals surface area contributed by atoms with E-state index in [9.17, 15) is 9.59 Å². The molecular formula is C20H25N5O3. The Hall–Kier alpha value is -2.71. The highest BCUT2D eigenvalue weighted by Crippen LogP contribution is 2.27. The molecule has 8 nitrogen and oxygen atoms in total. The van der Waals surface area contributed by atoms with Crippen LogP contribution in [-0.4, -0.2) is 53.5 Å². The first-order valence-electron chi connectivity index (χ1n) is 9.60. The average molecular weight is 383 g/mol. The molecule has 3 heterocycles. The molecule has 1 aromatic carbocycles. The third-order valence-corrected chi connectivity index (χ3v) is 5.34. The van der Waals surface area contributed by atoms with Crippen molar-refractivity contribution in [1.82, 2.24) is 20.2 Å². The minimum Gasteiger partial charge on any atom is -0.384 e. The maximum atomic E-state index is 13.1. The number of aromatic amines is 1. The van der Waals surface area contributed by atoms with Crippen LogP contribution in [0.3, 0.4) is 0 Å². The van der Waals surface area contributed by atoms with Gasteiger partial charge in [0.1, 0.15) is 6.04 Å². The molecule has 0 spiro atoms. The van der Waals surface area contributed by atoms with Gasteiger partial charge in [0.2, 0.25) is 11.8 Å². The highest BCUT2D eigenvalue weighted by molar-refractivity contribution is 5.91. The van der Waals surface area contributed by atoms with E-state index in [0.29, 0.717) is 26.1 Å². The molecule has 0 saturated carbocycles. The van der Waals surface area contributed by atoms with Crippen LogP contribution in [0.4, 0.5) is 5.69 Å². The largest absolute Gasteiger partial charge is 0.384 e. The molecule has 0 saturated heterocycles. The lowest BCUT2D eigenvalue weighted by atomic mass is 9.97. The fraction of sp³-hybridized carbons (Fsp3) is 0.450. The van der Waals surface area contributed by atoms with Gasteiger partial charge < -0.3 is 25.3 Å². The van der Waals surface area contributed by atoms with E-state index in [4.69, 9.17) is 4.74 Å². The number of H-pyrrole nitrogens is 1. The van der Waals surface area contributed by atoms with Gasteiger partial charge in [-0.15, -0.1) is 0 Å². The van der Waals surface area contributed by atoms with Gasteiger partial charge in [-0.05, 0) is 29.7 Å². The van der Waals surface area contributed by atoms with E-state index in [1.807, 2.05) is 23.1 Å². The predicted molar refractivity (Wildman–Crippen MR) is 104 cm³/mol. The molecule has 1 aromatic heterocycles. The average Bonchev–Trinajstić information content (AvgIpc) is 3.20. The Morgan fingerprint density at radius 2 is 2.21 bits per heavy atom. The zero-order valence-corrected chi connectivity index (χ0v) is 16.0. The van der Waals surface area contributed by atoms with Gasteiger partial charge in [0, 0.05) is 44.5 Å². The summed E-state index contributed by atoms with van der Waals surface area (Å²) in [5.74, 6) is -0.0313. The Kier molecular flexibility index (Phi) is 5.40. The number of anilines is 1. The summed E-state index contributed by atoms with van der Waals surface area (Å²) in [7, 11) is 1.57. The van der Waals surface area contributed by atoms with Gasteiger partial charge in [-0.1, -0.05) is 6.07 Å². The molecule has 2 amide bonds. The minimum atomic E-state index is -0.395. The SMILES string of the molecule is COCCC(=O)Nc1ccc2c(c1)CN(C(=O)C1NCCc3[nH]cnc31)CC2. The Bertz CT molecular complexity index is 878. The van der Waals surface area contributed by atoms with Gasteiger partial charge in [-0.25, -0.2) is 4.98 Å².